The van der Waals surface area contributed by atoms with Gasteiger partial charge < -0.3 is 9.84 Å². The molecule has 0 aromatic rings. The highest BCUT2D eigenvalue weighted by molar-refractivity contribution is 5.13. The Morgan fingerprint density at radius 2 is 1.77 bits per heavy atom. The predicted molar refractivity (Wildman–Crippen MR) is 130 cm³/mol. The van der Waals surface area contributed by atoms with Gasteiger partial charge >= 0.3 is 0 Å². The maximum Gasteiger partial charge on any atom is 0.0568 e. The normalized spacial score (nSPS) is 36.7. The Labute approximate surface area is 192 Å². The molecule has 0 spiro atoms. The van der Waals surface area contributed by atoms with Crippen LogP contribution in [-0.4, -0.2) is 24.4 Å². The molecule has 1 N–H and O–H groups in total. The van der Waals surface area contributed by atoms with Gasteiger partial charge in [-0.15, -0.1) is 0 Å². The van der Waals surface area contributed by atoms with Gasteiger partial charge in [0.2, 0.25) is 0 Å². The molecule has 3 fully saturated rings. The number of hydrogen-bond donors (Lipinski definition) is 1. The lowest BCUT2D eigenvalue weighted by Crippen LogP contribution is -2.31. The first-order valence-corrected chi connectivity index (χ1v) is 14.2. The molecule has 4 aliphatic rings. The first-order valence-electron chi connectivity index (χ1n) is 14.2. The van der Waals surface area contributed by atoms with Crippen molar-refractivity contribution in [3.8, 4) is 0 Å². The van der Waals surface area contributed by atoms with Crippen molar-refractivity contribution in [1.29, 1.82) is 0 Å². The van der Waals surface area contributed by atoms with Crippen LogP contribution in [0.4, 0.5) is 0 Å². The summed E-state index contributed by atoms with van der Waals surface area (Å²) in [5.74, 6) is 5.00. The average molecular weight is 431 g/mol. The summed E-state index contributed by atoms with van der Waals surface area (Å²) in [7, 11) is 0. The maximum absolute atomic E-state index is 10.8. The van der Waals surface area contributed by atoms with Crippen molar-refractivity contribution in [2.45, 2.75) is 122 Å². The second-order valence-corrected chi connectivity index (χ2v) is 11.7. The van der Waals surface area contributed by atoms with Gasteiger partial charge in [-0.1, -0.05) is 50.7 Å². The number of fused-ring (bicyclic) bond motifs is 1. The molecule has 0 bridgehead atoms. The second-order valence-electron chi connectivity index (χ2n) is 11.7. The number of aliphatic hydroxyl groups is 1. The van der Waals surface area contributed by atoms with Crippen LogP contribution in [0.2, 0.25) is 0 Å². The molecule has 6 atom stereocenters. The summed E-state index contributed by atoms with van der Waals surface area (Å²) in [6.45, 7) is 4.12. The quantitative estimate of drug-likeness (QED) is 0.419. The minimum atomic E-state index is -0.0792. The largest absolute Gasteiger partial charge is 0.393 e. The molecule has 6 unspecified atom stereocenters. The lowest BCUT2D eigenvalue weighted by Gasteiger charge is -2.38. The van der Waals surface area contributed by atoms with Gasteiger partial charge in [0, 0.05) is 13.2 Å². The van der Waals surface area contributed by atoms with Crippen LogP contribution >= 0.6 is 0 Å². The summed E-state index contributed by atoms with van der Waals surface area (Å²) < 4.78 is 5.58. The molecular weight excluding hydrogens is 380 g/mol. The van der Waals surface area contributed by atoms with E-state index in [-0.39, 0.29) is 6.10 Å². The molecule has 0 amide bonds. The van der Waals surface area contributed by atoms with Crippen LogP contribution in [0, 0.1) is 35.5 Å². The topological polar surface area (TPSA) is 29.5 Å². The number of ether oxygens (including phenoxy) is 1. The maximum atomic E-state index is 10.8. The van der Waals surface area contributed by atoms with Crippen LogP contribution in [0.3, 0.4) is 0 Å². The van der Waals surface area contributed by atoms with E-state index in [4.69, 9.17) is 4.74 Å². The number of allylic oxidation sites excluding steroid dienone is 2. The third-order valence-electron chi connectivity index (χ3n) is 9.69. The number of rotatable bonds is 7. The molecule has 2 nitrogen and oxygen atoms in total. The van der Waals surface area contributed by atoms with Crippen molar-refractivity contribution in [2.75, 3.05) is 13.2 Å². The van der Waals surface area contributed by atoms with Gasteiger partial charge in [0.1, 0.15) is 0 Å². The molecule has 1 aliphatic heterocycles. The monoisotopic (exact) mass is 430 g/mol. The van der Waals surface area contributed by atoms with Crippen molar-refractivity contribution in [1.82, 2.24) is 0 Å². The zero-order valence-corrected chi connectivity index (χ0v) is 20.4. The molecule has 1 saturated heterocycles. The van der Waals surface area contributed by atoms with Gasteiger partial charge in [-0.05, 0) is 113 Å². The highest BCUT2D eigenvalue weighted by Gasteiger charge is 2.32. The van der Waals surface area contributed by atoms with Gasteiger partial charge in [0.15, 0.2) is 0 Å². The molecule has 178 valence electrons. The summed E-state index contributed by atoms with van der Waals surface area (Å²) >= 11 is 0. The van der Waals surface area contributed by atoms with Crippen molar-refractivity contribution >= 4 is 0 Å². The lowest BCUT2D eigenvalue weighted by atomic mass is 9.69. The Balaban J connectivity index is 1.30. The molecule has 0 radical (unpaired) electrons. The number of aliphatic hydroxyl groups excluding tert-OH is 1. The molecule has 2 heteroatoms. The molecule has 3 aliphatic carbocycles. The van der Waals surface area contributed by atoms with Gasteiger partial charge in [-0.25, -0.2) is 0 Å². The Kier molecular flexibility index (Phi) is 9.38. The van der Waals surface area contributed by atoms with E-state index in [1.54, 1.807) is 0 Å². The van der Waals surface area contributed by atoms with Crippen LogP contribution in [-0.2, 0) is 4.74 Å². The third-order valence-corrected chi connectivity index (χ3v) is 9.69. The van der Waals surface area contributed by atoms with Gasteiger partial charge in [0.25, 0.3) is 0 Å². The fourth-order valence-corrected chi connectivity index (χ4v) is 7.70. The third kappa shape index (κ3) is 6.83. The number of hydrogen-bond acceptors (Lipinski definition) is 2. The van der Waals surface area contributed by atoms with E-state index in [0.717, 1.165) is 49.2 Å². The summed E-state index contributed by atoms with van der Waals surface area (Å²) in [4.78, 5) is 0. The zero-order valence-electron chi connectivity index (χ0n) is 20.4. The van der Waals surface area contributed by atoms with Crippen molar-refractivity contribution in [3.63, 3.8) is 0 Å². The van der Waals surface area contributed by atoms with Crippen molar-refractivity contribution in [2.24, 2.45) is 35.5 Å². The first-order chi connectivity index (χ1) is 15.2. The molecule has 4 rings (SSSR count). The van der Waals surface area contributed by atoms with Crippen LogP contribution < -0.4 is 0 Å². The van der Waals surface area contributed by atoms with E-state index in [2.05, 4.69) is 13.0 Å². The fraction of sp³-hybridized carbons (Fsp3) is 0.931. The predicted octanol–water partition coefficient (Wildman–Crippen LogP) is 7.69. The standard InChI is InChI=1S/C29H50O2/c1-2-29(30)28-9-5-6-23(11-15-26(28)14-10-22-16-18-31-19-17-22)20-24-12-13-25-7-3-4-8-27(25)21-24/h13,22-24,26-30H,2-12,14-21H2,1H3. The summed E-state index contributed by atoms with van der Waals surface area (Å²) in [5.41, 5.74) is 1.82. The fourth-order valence-electron chi connectivity index (χ4n) is 7.70. The summed E-state index contributed by atoms with van der Waals surface area (Å²) in [5, 5.41) is 10.8. The SMILES string of the molecule is CCC(O)C1CCCC(CC2CC=C3CCCCC3C2)CCC1CCC1CCOCC1. The highest BCUT2D eigenvalue weighted by Crippen LogP contribution is 2.43. The summed E-state index contributed by atoms with van der Waals surface area (Å²) in [6, 6.07) is 0. The van der Waals surface area contributed by atoms with E-state index in [1.807, 2.05) is 5.57 Å². The molecule has 31 heavy (non-hydrogen) atoms. The van der Waals surface area contributed by atoms with Crippen LogP contribution in [0.25, 0.3) is 0 Å². The lowest BCUT2D eigenvalue weighted by molar-refractivity contribution is 0.0343. The van der Waals surface area contributed by atoms with E-state index < -0.39 is 0 Å². The molecule has 0 aromatic carbocycles. The first kappa shape index (κ1) is 23.8. The van der Waals surface area contributed by atoms with E-state index in [0.29, 0.717) is 5.92 Å². The minimum Gasteiger partial charge on any atom is -0.393 e. The van der Waals surface area contributed by atoms with E-state index >= 15 is 0 Å². The van der Waals surface area contributed by atoms with Crippen molar-refractivity contribution < 1.29 is 9.84 Å². The highest BCUT2D eigenvalue weighted by atomic mass is 16.5. The van der Waals surface area contributed by atoms with Gasteiger partial charge in [-0.2, -0.15) is 0 Å². The Bertz CT molecular complexity index is 549. The van der Waals surface area contributed by atoms with E-state index in [9.17, 15) is 5.11 Å². The van der Waals surface area contributed by atoms with Crippen LogP contribution in [0.5, 0.6) is 0 Å². The zero-order chi connectivity index (χ0) is 21.5. The van der Waals surface area contributed by atoms with Crippen LogP contribution in [0.15, 0.2) is 11.6 Å². The average Bonchev–Trinajstić information content (AvgIpc) is 2.80. The van der Waals surface area contributed by atoms with Crippen molar-refractivity contribution in [3.05, 3.63) is 11.6 Å². The molecular formula is C29H50O2. The van der Waals surface area contributed by atoms with Crippen LogP contribution in [0.1, 0.15) is 116 Å². The van der Waals surface area contributed by atoms with Gasteiger partial charge in [0.05, 0.1) is 6.10 Å². The molecule has 2 saturated carbocycles. The Hall–Kier alpha value is -0.340. The Morgan fingerprint density at radius 1 is 0.903 bits per heavy atom. The van der Waals surface area contributed by atoms with Gasteiger partial charge in [-0.3, -0.25) is 0 Å². The molecule has 0 aromatic heterocycles. The molecule has 1 heterocycles. The van der Waals surface area contributed by atoms with E-state index in [1.165, 1.54) is 103 Å². The summed E-state index contributed by atoms with van der Waals surface area (Å²) in [6.07, 6.45) is 25.7. The minimum absolute atomic E-state index is 0.0792. The Morgan fingerprint density at radius 3 is 2.61 bits per heavy atom. The second kappa shape index (κ2) is 12.2. The smallest absolute Gasteiger partial charge is 0.0568 e.